The maximum atomic E-state index is 8.48. The molecule has 0 bridgehead atoms. The van der Waals surface area contributed by atoms with E-state index in [4.69, 9.17) is 19.5 Å². The molecule has 0 aliphatic heterocycles. The van der Waals surface area contributed by atoms with Crippen molar-refractivity contribution >= 4 is 22.1 Å². The third-order valence-electron chi connectivity index (χ3n) is 6.94. The van der Waals surface area contributed by atoms with Crippen molar-refractivity contribution < 1.29 is 39.6 Å². The Morgan fingerprint density at radius 3 is 2.30 bits per heavy atom. The van der Waals surface area contributed by atoms with Gasteiger partial charge >= 0.3 is 0 Å². The van der Waals surface area contributed by atoms with Crippen molar-refractivity contribution in [1.82, 2.24) is 15.0 Å². The topological polar surface area (TPSA) is 51.8 Å². The minimum absolute atomic E-state index is 0. The maximum absolute atomic E-state index is 8.48. The number of furan rings is 1. The van der Waals surface area contributed by atoms with Crippen molar-refractivity contribution in [2.45, 2.75) is 47.7 Å². The van der Waals surface area contributed by atoms with Crippen LogP contribution in [0.4, 0.5) is 0 Å². The number of fused-ring (bicyclic) bond motifs is 3. The van der Waals surface area contributed by atoms with Crippen molar-refractivity contribution in [2.24, 2.45) is 5.41 Å². The molecule has 0 spiro atoms. The summed E-state index contributed by atoms with van der Waals surface area (Å²) in [4.78, 5) is 12.8. The molecule has 7 rings (SSSR count). The third kappa shape index (κ3) is 7.33. The van der Waals surface area contributed by atoms with Crippen LogP contribution < -0.4 is 0 Å². The van der Waals surface area contributed by atoms with Crippen LogP contribution in [0.1, 0.15) is 58.2 Å². The second-order valence-corrected chi connectivity index (χ2v) is 11.5. The van der Waals surface area contributed by atoms with Gasteiger partial charge in [-0.1, -0.05) is 79.7 Å². The van der Waals surface area contributed by atoms with Gasteiger partial charge in [0.25, 0.3) is 0 Å². The molecule has 4 aromatic heterocycles. The van der Waals surface area contributed by atoms with Crippen molar-refractivity contribution in [3.63, 3.8) is 0 Å². The number of pyridine rings is 3. The van der Waals surface area contributed by atoms with E-state index in [1.165, 1.54) is 18.5 Å². The van der Waals surface area contributed by atoms with Crippen molar-refractivity contribution in [2.75, 3.05) is 0 Å². The molecule has 0 unspecified atom stereocenters. The van der Waals surface area contributed by atoms with Crippen molar-refractivity contribution in [3.05, 3.63) is 138 Å². The number of benzene rings is 3. The van der Waals surface area contributed by atoms with Gasteiger partial charge in [-0.25, -0.2) is 4.98 Å². The number of aryl methyl sites for hydroxylation is 3. The normalized spacial score (nSPS) is 15.8. The molecule has 0 aliphatic rings. The first-order chi connectivity index (χ1) is 26.1. The first-order valence-corrected chi connectivity index (χ1v) is 14.4. The van der Waals surface area contributed by atoms with Crippen LogP contribution in [0.2, 0.25) is 0 Å². The Labute approximate surface area is 300 Å². The predicted molar refractivity (Wildman–Crippen MR) is 185 cm³/mol. The molecule has 5 heteroatoms. The Morgan fingerprint density at radius 2 is 1.57 bits per heavy atom. The van der Waals surface area contributed by atoms with E-state index in [1.54, 1.807) is 51.1 Å². The van der Waals surface area contributed by atoms with Crippen LogP contribution >= 0.6 is 0 Å². The van der Waals surface area contributed by atoms with Gasteiger partial charge in [0.2, 0.25) is 5.71 Å². The van der Waals surface area contributed by atoms with E-state index in [1.807, 2.05) is 54.6 Å². The summed E-state index contributed by atoms with van der Waals surface area (Å²) in [5, 5.41) is 1.42. The summed E-state index contributed by atoms with van der Waals surface area (Å²) >= 11 is 0. The summed E-state index contributed by atoms with van der Waals surface area (Å²) in [5.41, 5.74) is 3.67. The predicted octanol–water partition coefficient (Wildman–Crippen LogP) is 10.6. The van der Waals surface area contributed by atoms with Crippen LogP contribution in [-0.2, 0) is 26.5 Å². The largest absolute Gasteiger partial charge is 0.486 e. The number of hydrogen-bond acceptors (Lipinski definition) is 4. The van der Waals surface area contributed by atoms with Gasteiger partial charge in [0, 0.05) is 58.7 Å². The SMILES string of the molecule is [2H]C([2H])([2H])c1ccc2c(n1)oc1c(-c3cc(-c4ccccc4)c(C([2H])([2H])[2H])cn3)[c-]ccc12.[2H]C([2H])([2H])c1cnc(-c2[c-]cccc2)cc1C([2H])([2H])C(C)(C)C.[Ir]. The molecule has 233 valence electrons. The summed E-state index contributed by atoms with van der Waals surface area (Å²) in [7, 11) is 0. The van der Waals surface area contributed by atoms with Crippen LogP contribution in [0.3, 0.4) is 0 Å². The van der Waals surface area contributed by atoms with Gasteiger partial charge < -0.3 is 14.4 Å². The molecular weight excluding hydrogens is 743 g/mol. The average molecular weight is 791 g/mol. The van der Waals surface area contributed by atoms with Crippen LogP contribution in [0, 0.1) is 38.1 Å². The minimum atomic E-state index is -2.42. The molecule has 0 atom stereocenters. The zero-order chi connectivity index (χ0) is 40.8. The Bertz CT molecular complexity index is 2510. The van der Waals surface area contributed by atoms with Crippen molar-refractivity contribution in [3.8, 4) is 33.6 Å². The summed E-state index contributed by atoms with van der Waals surface area (Å²) < 4.78 is 92.6. The van der Waals surface area contributed by atoms with E-state index in [2.05, 4.69) is 27.1 Å². The van der Waals surface area contributed by atoms with Gasteiger partial charge in [-0.2, -0.15) is 0 Å². The standard InChI is InChI=1S/C24H17N2O.C17H20N.Ir/c1-15-14-25-22(13-21(15)17-7-4-3-5-8-17)20-10-6-9-18-19-12-11-16(2)26-24(19)27-23(18)20;1-13-12-18-16(14-8-6-5-7-9-14)10-15(13)11-17(2,3)4;/h3-9,11-14H,1-2H3;5-8,10,12H,11H2,1-4H3;/q2*-1;/i1D3,2D3;1D3,11D2;. The molecule has 7 aromatic rings. The van der Waals surface area contributed by atoms with Gasteiger partial charge in [-0.15, -0.1) is 54.1 Å². The van der Waals surface area contributed by atoms with E-state index in [0.29, 0.717) is 39.0 Å². The monoisotopic (exact) mass is 791 g/mol. The van der Waals surface area contributed by atoms with Crippen LogP contribution in [-0.4, -0.2) is 15.0 Å². The molecule has 46 heavy (non-hydrogen) atoms. The fourth-order valence-corrected chi connectivity index (χ4v) is 4.92. The van der Waals surface area contributed by atoms with Crippen molar-refractivity contribution in [1.29, 1.82) is 0 Å². The van der Waals surface area contributed by atoms with E-state index < -0.39 is 32.3 Å². The fraction of sp³-hybridized carbons (Fsp3) is 0.195. The van der Waals surface area contributed by atoms with Gasteiger partial charge in [0.15, 0.2) is 0 Å². The smallest absolute Gasteiger partial charge is 0.216 e. The first-order valence-electron chi connectivity index (χ1n) is 19.9. The molecule has 0 N–H and O–H groups in total. The number of rotatable bonds is 4. The van der Waals surface area contributed by atoms with Gasteiger partial charge in [-0.3, -0.25) is 0 Å². The summed E-state index contributed by atoms with van der Waals surface area (Å²) in [6.07, 6.45) is 0.816. The molecule has 1 radical (unpaired) electrons. The average Bonchev–Trinajstić information content (AvgIpc) is 3.52. The van der Waals surface area contributed by atoms with Crippen LogP contribution in [0.25, 0.3) is 55.7 Å². The molecule has 0 amide bonds. The second-order valence-electron chi connectivity index (χ2n) is 11.5. The van der Waals surface area contributed by atoms with E-state index in [-0.39, 0.29) is 48.2 Å². The molecule has 0 aliphatic carbocycles. The molecule has 4 heterocycles. The fourth-order valence-electron chi connectivity index (χ4n) is 4.92. The van der Waals surface area contributed by atoms with E-state index in [9.17, 15) is 0 Å². The van der Waals surface area contributed by atoms with E-state index >= 15 is 0 Å². The Hall–Kier alpha value is -4.44. The summed E-state index contributed by atoms with van der Waals surface area (Å²) in [5.74, 6) is 0. The van der Waals surface area contributed by atoms with Gasteiger partial charge in [0.05, 0.1) is 5.58 Å². The molecule has 0 saturated heterocycles. The Morgan fingerprint density at radius 1 is 0.783 bits per heavy atom. The first kappa shape index (κ1) is 21.4. The summed E-state index contributed by atoms with van der Waals surface area (Å²) in [6.45, 7) is -1.83. The minimum Gasteiger partial charge on any atom is -0.486 e. The molecule has 3 aromatic carbocycles. The number of hydrogen-bond donors (Lipinski definition) is 0. The summed E-state index contributed by atoms with van der Waals surface area (Å²) in [6, 6.07) is 32.6. The molecule has 4 nitrogen and oxygen atoms in total. The Kier molecular flexibility index (Phi) is 6.46. The van der Waals surface area contributed by atoms with Gasteiger partial charge in [0.1, 0.15) is 0 Å². The van der Waals surface area contributed by atoms with Crippen LogP contribution in [0.15, 0.2) is 108 Å². The molecule has 0 fully saturated rings. The number of nitrogens with zero attached hydrogens (tertiary/aromatic N) is 3. The zero-order valence-corrected chi connectivity index (χ0v) is 27.8. The maximum Gasteiger partial charge on any atom is 0.216 e. The number of aromatic nitrogens is 3. The molecular formula is C41H37IrN3O-2. The second kappa shape index (κ2) is 13.9. The Balaban J connectivity index is 0.000000229. The quantitative estimate of drug-likeness (QED) is 0.167. The van der Waals surface area contributed by atoms with Crippen LogP contribution in [0.5, 0.6) is 0 Å². The molecule has 0 saturated carbocycles. The van der Waals surface area contributed by atoms with Gasteiger partial charge in [-0.05, 0) is 78.1 Å². The third-order valence-corrected chi connectivity index (χ3v) is 6.94. The van der Waals surface area contributed by atoms with E-state index in [0.717, 1.165) is 10.9 Å². The zero-order valence-electron chi connectivity index (χ0n) is 36.4.